The van der Waals surface area contributed by atoms with Gasteiger partial charge in [-0.15, -0.1) is 11.3 Å². The first-order valence-electron chi connectivity index (χ1n) is 10.7. The van der Waals surface area contributed by atoms with E-state index in [-0.39, 0.29) is 17.9 Å². The fourth-order valence-electron chi connectivity index (χ4n) is 4.32. The third-order valence-electron chi connectivity index (χ3n) is 6.17. The Hall–Kier alpha value is -3.10. The number of hydrogen-bond donors (Lipinski definition) is 0. The van der Waals surface area contributed by atoms with E-state index in [1.54, 1.807) is 21.9 Å². The van der Waals surface area contributed by atoms with E-state index in [9.17, 15) is 14.0 Å². The Kier molecular flexibility index (Phi) is 5.71. The van der Waals surface area contributed by atoms with Crippen LogP contribution in [0.25, 0.3) is 11.1 Å². The third kappa shape index (κ3) is 4.16. The number of halogens is 1. The summed E-state index contributed by atoms with van der Waals surface area (Å²) in [5.41, 5.74) is 4.14. The number of benzene rings is 2. The van der Waals surface area contributed by atoms with E-state index in [1.165, 1.54) is 23.5 Å². The van der Waals surface area contributed by atoms with Crippen molar-refractivity contribution >= 4 is 23.2 Å². The molecule has 3 aromatic rings. The molecule has 2 aliphatic heterocycles. The summed E-state index contributed by atoms with van der Waals surface area (Å²) < 4.78 is 14.2. The second-order valence-corrected chi connectivity index (χ2v) is 8.88. The monoisotopic (exact) mass is 450 g/mol. The molecule has 3 heterocycles. The number of amides is 2. The highest BCUT2D eigenvalue weighted by Crippen LogP contribution is 2.25. The smallest absolute Gasteiger partial charge is 0.273 e. The molecule has 2 amide bonds. The van der Waals surface area contributed by atoms with Gasteiger partial charge in [-0.05, 0) is 29.3 Å². The number of carbonyl (C=O) groups excluding carboxylic acids is 2. The predicted octanol–water partition coefficient (Wildman–Crippen LogP) is 3.23. The molecule has 1 aromatic heterocycles. The van der Waals surface area contributed by atoms with Crippen molar-refractivity contribution in [3.63, 3.8) is 0 Å². The quantitative estimate of drug-likeness (QED) is 0.613. The third-order valence-corrected chi connectivity index (χ3v) is 6.76. The minimum atomic E-state index is -0.410. The van der Waals surface area contributed by atoms with E-state index < -0.39 is 5.82 Å². The maximum Gasteiger partial charge on any atom is 0.273 e. The number of piperazine rings is 1. The van der Waals surface area contributed by atoms with Crippen LogP contribution in [0.3, 0.4) is 0 Å². The van der Waals surface area contributed by atoms with Crippen LogP contribution in [0.1, 0.15) is 20.8 Å². The van der Waals surface area contributed by atoms with E-state index in [2.05, 4.69) is 9.88 Å². The standard InChI is InChI=1S/C24H23FN4O2S/c25-20-11-18(17-4-2-1-3-5-17)10-19(12-20)23(30)29-13-21(14-29)27-6-8-28(9-7-27)24(31)22-15-32-16-26-22/h1-5,10-12,15-16,21H,6-9,13-14H2. The van der Waals surface area contributed by atoms with Crippen molar-refractivity contribution in [3.8, 4) is 11.1 Å². The normalized spacial score (nSPS) is 17.3. The molecule has 164 valence electrons. The fourth-order valence-corrected chi connectivity index (χ4v) is 4.84. The zero-order valence-electron chi connectivity index (χ0n) is 17.5. The van der Waals surface area contributed by atoms with Crippen LogP contribution in [0.2, 0.25) is 0 Å². The molecule has 0 saturated carbocycles. The summed E-state index contributed by atoms with van der Waals surface area (Å²) in [6, 6.07) is 14.3. The van der Waals surface area contributed by atoms with Crippen molar-refractivity contribution in [2.24, 2.45) is 0 Å². The number of hydrogen-bond acceptors (Lipinski definition) is 5. The predicted molar refractivity (Wildman–Crippen MR) is 121 cm³/mol. The van der Waals surface area contributed by atoms with Crippen LogP contribution < -0.4 is 0 Å². The SMILES string of the molecule is O=C(c1cc(F)cc(-c2ccccc2)c1)N1CC(N2CCN(C(=O)c3cscn3)CC2)C1. The summed E-state index contributed by atoms with van der Waals surface area (Å²) in [6.07, 6.45) is 0. The second kappa shape index (κ2) is 8.80. The number of aromatic nitrogens is 1. The molecule has 0 N–H and O–H groups in total. The Morgan fingerprint density at radius 1 is 0.906 bits per heavy atom. The minimum absolute atomic E-state index is 0.0170. The molecule has 0 radical (unpaired) electrons. The first-order chi connectivity index (χ1) is 15.6. The van der Waals surface area contributed by atoms with E-state index in [0.717, 1.165) is 18.7 Å². The Labute approximate surface area is 189 Å². The van der Waals surface area contributed by atoms with Crippen LogP contribution in [0, 0.1) is 5.82 Å². The van der Waals surface area contributed by atoms with E-state index in [1.807, 2.05) is 35.2 Å². The van der Waals surface area contributed by atoms with E-state index in [4.69, 9.17) is 0 Å². The van der Waals surface area contributed by atoms with E-state index in [0.29, 0.717) is 43.0 Å². The summed E-state index contributed by atoms with van der Waals surface area (Å²) in [5.74, 6) is -0.570. The van der Waals surface area contributed by atoms with Crippen LogP contribution in [-0.2, 0) is 0 Å². The van der Waals surface area contributed by atoms with E-state index >= 15 is 0 Å². The number of carbonyl (C=O) groups is 2. The number of nitrogens with zero attached hydrogens (tertiary/aromatic N) is 4. The molecule has 0 aliphatic carbocycles. The van der Waals surface area contributed by atoms with Gasteiger partial charge >= 0.3 is 0 Å². The largest absolute Gasteiger partial charge is 0.335 e. The molecule has 2 aliphatic rings. The highest BCUT2D eigenvalue weighted by atomic mass is 32.1. The van der Waals surface area contributed by atoms with Crippen LogP contribution in [0.15, 0.2) is 59.4 Å². The van der Waals surface area contributed by atoms with Crippen LogP contribution >= 0.6 is 11.3 Å². The average molecular weight is 451 g/mol. The van der Waals surface area contributed by atoms with Crippen molar-refractivity contribution < 1.29 is 14.0 Å². The first kappa shape index (κ1) is 20.8. The lowest BCUT2D eigenvalue weighted by molar-refractivity contribution is 0.00842. The number of likely N-dealkylation sites (tertiary alicyclic amines) is 1. The maximum atomic E-state index is 14.2. The maximum absolute atomic E-state index is 14.2. The van der Waals surface area contributed by atoms with Gasteiger partial charge in [-0.2, -0.15) is 0 Å². The van der Waals surface area contributed by atoms with Gasteiger partial charge in [0, 0.05) is 56.3 Å². The van der Waals surface area contributed by atoms with Gasteiger partial charge in [0.1, 0.15) is 11.5 Å². The molecule has 0 spiro atoms. The zero-order valence-corrected chi connectivity index (χ0v) is 18.3. The van der Waals surface area contributed by atoms with Gasteiger partial charge in [-0.3, -0.25) is 14.5 Å². The van der Waals surface area contributed by atoms with Crippen molar-refractivity contribution in [2.75, 3.05) is 39.3 Å². The highest BCUT2D eigenvalue weighted by Gasteiger charge is 2.37. The lowest BCUT2D eigenvalue weighted by atomic mass is 10.00. The van der Waals surface area contributed by atoms with Crippen molar-refractivity contribution in [1.82, 2.24) is 19.7 Å². The van der Waals surface area contributed by atoms with Crippen molar-refractivity contribution in [2.45, 2.75) is 6.04 Å². The molecule has 32 heavy (non-hydrogen) atoms. The molecular weight excluding hydrogens is 427 g/mol. The zero-order chi connectivity index (χ0) is 22.1. The molecule has 2 aromatic carbocycles. The molecule has 2 saturated heterocycles. The summed E-state index contributed by atoms with van der Waals surface area (Å²) in [5, 5.41) is 1.78. The van der Waals surface area contributed by atoms with Gasteiger partial charge < -0.3 is 9.80 Å². The molecule has 0 atom stereocenters. The Bertz CT molecular complexity index is 1110. The molecule has 2 fully saturated rings. The Morgan fingerprint density at radius 3 is 2.34 bits per heavy atom. The van der Waals surface area contributed by atoms with Crippen molar-refractivity contribution in [3.05, 3.63) is 76.5 Å². The van der Waals surface area contributed by atoms with Gasteiger partial charge in [0.05, 0.1) is 5.51 Å². The summed E-state index contributed by atoms with van der Waals surface area (Å²) >= 11 is 1.42. The fraction of sp³-hybridized carbons (Fsp3) is 0.292. The van der Waals surface area contributed by atoms with Gasteiger partial charge in [0.2, 0.25) is 0 Å². The lowest BCUT2D eigenvalue weighted by Crippen LogP contribution is -2.64. The Morgan fingerprint density at radius 2 is 1.66 bits per heavy atom. The van der Waals surface area contributed by atoms with Gasteiger partial charge in [0.15, 0.2) is 0 Å². The highest BCUT2D eigenvalue weighted by molar-refractivity contribution is 7.07. The average Bonchev–Trinajstić information content (AvgIpc) is 3.33. The minimum Gasteiger partial charge on any atom is -0.335 e. The summed E-state index contributed by atoms with van der Waals surface area (Å²) in [7, 11) is 0. The summed E-state index contributed by atoms with van der Waals surface area (Å²) in [4.78, 5) is 35.4. The second-order valence-electron chi connectivity index (χ2n) is 8.16. The molecule has 0 bridgehead atoms. The molecule has 8 heteroatoms. The Balaban J connectivity index is 1.17. The topological polar surface area (TPSA) is 56.8 Å². The molecule has 6 nitrogen and oxygen atoms in total. The van der Waals surface area contributed by atoms with Crippen LogP contribution in [0.4, 0.5) is 4.39 Å². The summed E-state index contributed by atoms with van der Waals surface area (Å²) in [6.45, 7) is 4.11. The lowest BCUT2D eigenvalue weighted by Gasteiger charge is -2.48. The van der Waals surface area contributed by atoms with Crippen molar-refractivity contribution in [1.29, 1.82) is 0 Å². The van der Waals surface area contributed by atoms with Crippen LogP contribution in [0.5, 0.6) is 0 Å². The van der Waals surface area contributed by atoms with Gasteiger partial charge in [-0.25, -0.2) is 9.37 Å². The van der Waals surface area contributed by atoms with Crippen LogP contribution in [-0.4, -0.2) is 76.8 Å². The van der Waals surface area contributed by atoms with Gasteiger partial charge in [0.25, 0.3) is 11.8 Å². The first-order valence-corrected chi connectivity index (χ1v) is 11.6. The molecular formula is C24H23FN4O2S. The molecule has 5 rings (SSSR count). The number of rotatable bonds is 4. The number of thiazole rings is 1. The van der Waals surface area contributed by atoms with Gasteiger partial charge in [-0.1, -0.05) is 30.3 Å². The molecule has 0 unspecified atom stereocenters.